The van der Waals surface area contributed by atoms with Crippen LogP contribution in [-0.2, 0) is 29.6 Å². The maximum absolute atomic E-state index is 13.3. The lowest BCUT2D eigenvalue weighted by Gasteiger charge is -2.23. The molecule has 0 spiro atoms. The van der Waals surface area contributed by atoms with Gasteiger partial charge in [-0.2, -0.15) is 10.2 Å². The van der Waals surface area contributed by atoms with Gasteiger partial charge in [-0.1, -0.05) is 60.7 Å². The summed E-state index contributed by atoms with van der Waals surface area (Å²) in [5.41, 5.74) is 6.32. The number of nitrogens with one attached hydrogen (secondary N) is 2. The molecule has 3 aromatic carbocycles. The molecule has 2 amide bonds. The summed E-state index contributed by atoms with van der Waals surface area (Å²) < 4.78 is 55.2. The lowest BCUT2D eigenvalue weighted by atomic mass is 10.2. The fourth-order valence-corrected chi connectivity index (χ4v) is 7.29. The number of rotatable bonds is 14. The van der Waals surface area contributed by atoms with Gasteiger partial charge in [-0.25, -0.2) is 27.7 Å². The second-order valence-electron chi connectivity index (χ2n) is 10.3. The van der Waals surface area contributed by atoms with Gasteiger partial charge in [-0.15, -0.1) is 0 Å². The molecule has 2 aromatic heterocycles. The molecule has 254 valence electrons. The molecule has 5 aromatic rings. The summed E-state index contributed by atoms with van der Waals surface area (Å²) >= 11 is 0. The average molecular weight is 711 g/mol. The SMILES string of the molecule is O=C(CN(c1cccnc1)S(=O)(=O)c1ccccc1)N/N=C\c1ccc(/C=N\NC(=O)CN(c2cccnc2)S(=O)(=O)c2ccccc2)cc1. The van der Waals surface area contributed by atoms with Gasteiger partial charge in [0.25, 0.3) is 31.9 Å². The predicted octanol–water partition coefficient (Wildman–Crippen LogP) is 3.17. The van der Waals surface area contributed by atoms with Gasteiger partial charge in [-0.3, -0.25) is 28.2 Å². The lowest BCUT2D eigenvalue weighted by molar-refractivity contribution is -0.120. The van der Waals surface area contributed by atoms with Crippen LogP contribution in [0.15, 0.2) is 154 Å². The van der Waals surface area contributed by atoms with E-state index in [1.165, 1.54) is 73.6 Å². The van der Waals surface area contributed by atoms with Crippen LogP contribution in [0.2, 0.25) is 0 Å². The number of aromatic nitrogens is 2. The van der Waals surface area contributed by atoms with E-state index in [1.807, 2.05) is 0 Å². The van der Waals surface area contributed by atoms with E-state index in [-0.39, 0.29) is 21.2 Å². The molecule has 0 aliphatic rings. The molecule has 0 radical (unpaired) electrons. The second-order valence-corrected chi connectivity index (χ2v) is 14.0. The molecule has 0 aliphatic carbocycles. The molecule has 50 heavy (non-hydrogen) atoms. The van der Waals surface area contributed by atoms with Crippen LogP contribution in [-0.4, -0.2) is 64.1 Å². The van der Waals surface area contributed by atoms with Gasteiger partial charge >= 0.3 is 0 Å². The number of hydrazone groups is 2. The molecule has 0 aliphatic heterocycles. The van der Waals surface area contributed by atoms with Gasteiger partial charge in [0.15, 0.2) is 0 Å². The number of amides is 2. The quantitative estimate of drug-likeness (QED) is 0.130. The zero-order valence-corrected chi connectivity index (χ0v) is 27.9. The summed E-state index contributed by atoms with van der Waals surface area (Å²) in [6.45, 7) is -1.08. The van der Waals surface area contributed by atoms with Crippen molar-refractivity contribution in [2.45, 2.75) is 9.79 Å². The Bertz CT molecular complexity index is 2010. The monoisotopic (exact) mass is 710 g/mol. The first kappa shape index (κ1) is 35.1. The van der Waals surface area contributed by atoms with Crippen molar-refractivity contribution in [1.82, 2.24) is 20.8 Å². The molecule has 5 rings (SSSR count). The number of sulfonamides is 2. The van der Waals surface area contributed by atoms with Crippen molar-refractivity contribution in [3.63, 3.8) is 0 Å². The van der Waals surface area contributed by atoms with Crippen molar-refractivity contribution in [1.29, 1.82) is 0 Å². The lowest BCUT2D eigenvalue weighted by Crippen LogP contribution is -2.39. The Hall–Kier alpha value is -6.26. The molecule has 16 heteroatoms. The van der Waals surface area contributed by atoms with E-state index in [2.05, 4.69) is 31.0 Å². The Balaban J connectivity index is 1.17. The van der Waals surface area contributed by atoms with Crippen LogP contribution in [0.25, 0.3) is 0 Å². The highest BCUT2D eigenvalue weighted by Crippen LogP contribution is 2.23. The normalized spacial score (nSPS) is 11.7. The highest BCUT2D eigenvalue weighted by atomic mass is 32.2. The maximum atomic E-state index is 13.3. The third-order valence-corrected chi connectivity index (χ3v) is 10.4. The highest BCUT2D eigenvalue weighted by molar-refractivity contribution is 7.93. The molecule has 14 nitrogen and oxygen atoms in total. The molecular weight excluding hydrogens is 681 g/mol. The van der Waals surface area contributed by atoms with Crippen molar-refractivity contribution in [3.8, 4) is 0 Å². The predicted molar refractivity (Wildman–Crippen MR) is 188 cm³/mol. The summed E-state index contributed by atoms with van der Waals surface area (Å²) in [6.07, 6.45) is 8.44. The van der Waals surface area contributed by atoms with Crippen molar-refractivity contribution in [3.05, 3.63) is 145 Å². The molecule has 0 saturated heterocycles. The zero-order valence-electron chi connectivity index (χ0n) is 26.2. The fraction of sp³-hybridized carbons (Fsp3) is 0.0588. The van der Waals surface area contributed by atoms with E-state index in [4.69, 9.17) is 0 Å². The first-order valence-corrected chi connectivity index (χ1v) is 17.7. The number of benzene rings is 3. The third-order valence-electron chi connectivity index (χ3n) is 6.85. The van der Waals surface area contributed by atoms with Gasteiger partial charge in [-0.05, 0) is 59.7 Å². The molecule has 0 saturated carbocycles. The Morgan fingerprint density at radius 2 is 0.940 bits per heavy atom. The number of hydrogen-bond donors (Lipinski definition) is 2. The van der Waals surface area contributed by atoms with Gasteiger partial charge < -0.3 is 0 Å². The minimum absolute atomic E-state index is 0.0195. The van der Waals surface area contributed by atoms with Crippen molar-refractivity contribution < 1.29 is 26.4 Å². The summed E-state index contributed by atoms with van der Waals surface area (Å²) in [5, 5.41) is 7.88. The Kier molecular flexibility index (Phi) is 11.4. The van der Waals surface area contributed by atoms with Crippen LogP contribution in [0.5, 0.6) is 0 Å². The summed E-state index contributed by atoms with van der Waals surface area (Å²) in [4.78, 5) is 33.5. The number of carbonyl (C=O) groups is 2. The van der Waals surface area contributed by atoms with E-state index in [0.717, 1.165) is 8.61 Å². The number of hydrogen-bond acceptors (Lipinski definition) is 10. The Morgan fingerprint density at radius 3 is 1.28 bits per heavy atom. The van der Waals surface area contributed by atoms with E-state index in [1.54, 1.807) is 72.8 Å². The van der Waals surface area contributed by atoms with Crippen molar-refractivity contribution in [2.75, 3.05) is 21.7 Å². The van der Waals surface area contributed by atoms with Gasteiger partial charge in [0.2, 0.25) is 0 Å². The zero-order chi connectivity index (χ0) is 35.4. The molecule has 2 N–H and O–H groups in total. The first-order chi connectivity index (χ1) is 24.1. The van der Waals surface area contributed by atoms with E-state index in [9.17, 15) is 26.4 Å². The van der Waals surface area contributed by atoms with E-state index >= 15 is 0 Å². The van der Waals surface area contributed by atoms with Gasteiger partial charge in [0.1, 0.15) is 13.1 Å². The maximum Gasteiger partial charge on any atom is 0.264 e. The smallest absolute Gasteiger partial charge is 0.264 e. The molecule has 0 fully saturated rings. The molecule has 2 heterocycles. The first-order valence-electron chi connectivity index (χ1n) is 14.8. The summed E-state index contributed by atoms with van der Waals surface area (Å²) in [7, 11) is -8.14. The molecular formula is C34H30N8O6S2. The minimum Gasteiger partial charge on any atom is -0.271 e. The van der Waals surface area contributed by atoms with Crippen molar-refractivity contribution in [2.24, 2.45) is 10.2 Å². The number of carbonyl (C=O) groups excluding carboxylic acids is 2. The largest absolute Gasteiger partial charge is 0.271 e. The molecule has 0 atom stereocenters. The van der Waals surface area contributed by atoms with Crippen LogP contribution < -0.4 is 19.5 Å². The topological polar surface area (TPSA) is 183 Å². The van der Waals surface area contributed by atoms with Crippen LogP contribution in [0, 0.1) is 0 Å². The molecule has 0 unspecified atom stereocenters. The number of nitrogens with zero attached hydrogens (tertiary/aromatic N) is 6. The Labute approximate surface area is 288 Å². The summed E-state index contributed by atoms with van der Waals surface area (Å²) in [6, 6.07) is 28.4. The number of anilines is 2. The highest BCUT2D eigenvalue weighted by Gasteiger charge is 2.28. The fourth-order valence-electron chi connectivity index (χ4n) is 4.43. The van der Waals surface area contributed by atoms with Crippen LogP contribution in [0.3, 0.4) is 0 Å². The standard InChI is InChI=1S/C34H30N8O6S2/c43-33(25-41(29-9-7-19-35-23-29)49(45,46)31-11-3-1-4-12-31)39-37-21-27-15-17-28(18-16-27)22-38-40-34(44)26-42(30-10-8-20-36-24-30)50(47,48)32-13-5-2-6-14-32/h1-24H,25-26H2,(H,39,43)(H,40,44)/b37-21-,38-22-. The van der Waals surface area contributed by atoms with Gasteiger partial charge in [0, 0.05) is 12.4 Å². The number of pyridine rings is 2. The van der Waals surface area contributed by atoms with Crippen LogP contribution >= 0.6 is 0 Å². The van der Waals surface area contributed by atoms with Crippen LogP contribution in [0.1, 0.15) is 11.1 Å². The third kappa shape index (κ3) is 9.00. The average Bonchev–Trinajstić information content (AvgIpc) is 3.15. The van der Waals surface area contributed by atoms with Gasteiger partial charge in [0.05, 0.1) is 46.0 Å². The second kappa shape index (κ2) is 16.2. The van der Waals surface area contributed by atoms with Crippen molar-refractivity contribution >= 4 is 55.7 Å². The van der Waals surface area contributed by atoms with Crippen LogP contribution in [0.4, 0.5) is 11.4 Å². The summed E-state index contributed by atoms with van der Waals surface area (Å²) in [5.74, 6) is -1.36. The minimum atomic E-state index is -4.07. The van der Waals surface area contributed by atoms with E-state index < -0.39 is 45.0 Å². The van der Waals surface area contributed by atoms with E-state index in [0.29, 0.717) is 11.1 Å². The molecule has 0 bridgehead atoms. The Morgan fingerprint density at radius 1 is 0.560 bits per heavy atom.